The normalized spacial score (nSPS) is 16.4. The molecule has 2 aromatic rings. The van der Waals surface area contributed by atoms with Crippen molar-refractivity contribution in [3.63, 3.8) is 0 Å². The number of aliphatic carboxylic acids is 2. The minimum Gasteiger partial charge on any atom is -0.479 e. The number of carboxylic acids is 2. The summed E-state index contributed by atoms with van der Waals surface area (Å²) in [5.41, 5.74) is 10.7. The first-order valence-corrected chi connectivity index (χ1v) is 12.4. The highest BCUT2D eigenvalue weighted by Gasteiger charge is 2.29. The second kappa shape index (κ2) is 14.5. The summed E-state index contributed by atoms with van der Waals surface area (Å²) in [4.78, 5) is 31.7. The number of nitrogen functional groups attached to an aromatic ring is 2. The Morgan fingerprint density at radius 1 is 0.700 bits per heavy atom. The van der Waals surface area contributed by atoms with Crippen molar-refractivity contribution >= 4 is 35.2 Å². The Hall–Kier alpha value is -4.58. The molecule has 0 spiro atoms. The monoisotopic (exact) mass is 568 g/mol. The van der Waals surface area contributed by atoms with E-state index in [0.29, 0.717) is 21.1 Å². The Bertz CT molecular complexity index is 1170. The molecule has 2 aliphatic heterocycles. The van der Waals surface area contributed by atoms with E-state index in [0.717, 1.165) is 51.9 Å². The summed E-state index contributed by atoms with van der Waals surface area (Å²) in [5, 5.41) is 65.9. The van der Waals surface area contributed by atoms with Gasteiger partial charge in [-0.1, -0.05) is 0 Å². The predicted molar refractivity (Wildman–Crippen MR) is 139 cm³/mol. The molecule has 0 radical (unpaired) electrons. The molecule has 18 nitrogen and oxygen atoms in total. The summed E-state index contributed by atoms with van der Waals surface area (Å²) in [6.07, 6.45) is 2.52. The fourth-order valence-corrected chi connectivity index (χ4v) is 3.85. The van der Waals surface area contributed by atoms with Crippen LogP contribution >= 0.6 is 0 Å². The minimum absolute atomic E-state index is 0.149. The van der Waals surface area contributed by atoms with Gasteiger partial charge in [-0.05, 0) is 38.5 Å². The van der Waals surface area contributed by atoms with E-state index in [1.54, 1.807) is 12.1 Å². The molecule has 222 valence electrons. The predicted octanol–water partition coefficient (Wildman–Crippen LogP) is -1.78. The third kappa shape index (κ3) is 8.73. The number of aliphatic hydroxyl groups is 2. The van der Waals surface area contributed by atoms with Crippen LogP contribution in [0.5, 0.6) is 0 Å². The lowest BCUT2D eigenvalue weighted by atomic mass is 10.1. The second-order valence-electron chi connectivity index (χ2n) is 9.01. The molecule has 12 N–H and O–H groups in total. The molecule has 2 fully saturated rings. The molecule has 4 heterocycles. The fourth-order valence-electron chi connectivity index (χ4n) is 3.85. The molecular weight excluding hydrogens is 532 g/mol. The zero-order valence-corrected chi connectivity index (χ0v) is 21.7. The molecule has 0 saturated carbocycles. The number of aliphatic hydroxyl groups excluding tert-OH is 2. The van der Waals surface area contributed by atoms with Crippen LogP contribution < -0.4 is 32.5 Å². The van der Waals surface area contributed by atoms with E-state index in [1.807, 2.05) is 0 Å². The summed E-state index contributed by atoms with van der Waals surface area (Å²) in [7, 11) is 0. The van der Waals surface area contributed by atoms with Gasteiger partial charge in [0.25, 0.3) is 11.2 Å². The first kappa shape index (κ1) is 31.6. The highest BCUT2D eigenvalue weighted by Crippen LogP contribution is 2.18. The van der Waals surface area contributed by atoms with Crippen LogP contribution in [0, 0.1) is 10.8 Å². The van der Waals surface area contributed by atoms with Crippen molar-refractivity contribution in [2.75, 3.05) is 47.4 Å². The molecule has 0 aromatic carbocycles. The van der Waals surface area contributed by atoms with Crippen LogP contribution in [0.2, 0.25) is 0 Å². The second-order valence-corrected chi connectivity index (χ2v) is 9.01. The third-order valence-electron chi connectivity index (χ3n) is 6.05. The molecule has 2 unspecified atom stereocenters. The average molecular weight is 569 g/mol. The number of piperidine rings is 2. The summed E-state index contributed by atoms with van der Waals surface area (Å²) in [5.74, 6) is -1.87. The quantitative estimate of drug-likeness (QED) is 0.178. The number of nitrogens with two attached hydrogens (primary N) is 2. The van der Waals surface area contributed by atoms with Gasteiger partial charge in [-0.25, -0.2) is 9.59 Å². The topological polar surface area (TPSA) is 297 Å². The maximum Gasteiger partial charge on any atom is 0.335 e. The van der Waals surface area contributed by atoms with Gasteiger partial charge in [-0.15, -0.1) is 9.46 Å². The summed E-state index contributed by atoms with van der Waals surface area (Å²) in [6, 6.07) is 3.20. The van der Waals surface area contributed by atoms with Crippen molar-refractivity contribution in [2.45, 2.75) is 50.7 Å². The van der Waals surface area contributed by atoms with Crippen LogP contribution in [0.15, 0.2) is 12.1 Å². The van der Waals surface area contributed by atoms with E-state index in [9.17, 15) is 20.0 Å². The average Bonchev–Trinajstić information content (AvgIpc) is 2.94. The lowest BCUT2D eigenvalue weighted by molar-refractivity contribution is -0.165. The van der Waals surface area contributed by atoms with Gasteiger partial charge >= 0.3 is 11.9 Å². The number of aromatic nitrogens is 4. The molecule has 0 aliphatic carbocycles. The Balaban J connectivity index is 0.000000216. The molecular formula is C22H36N10O8. The number of hydrogen-bond donors (Lipinski definition) is 10. The molecule has 40 heavy (non-hydrogen) atoms. The molecule has 2 atom stereocenters. The minimum atomic E-state index is -2.27. The van der Waals surface area contributed by atoms with E-state index in [-0.39, 0.29) is 22.9 Å². The van der Waals surface area contributed by atoms with Crippen molar-refractivity contribution in [3.8, 4) is 0 Å². The van der Waals surface area contributed by atoms with Crippen molar-refractivity contribution < 1.29 is 40.4 Å². The fraction of sp³-hybridized carbons (Fsp3) is 0.545. The van der Waals surface area contributed by atoms with E-state index in [1.165, 1.54) is 12.8 Å². The smallest absolute Gasteiger partial charge is 0.335 e. The standard InChI is InChI=1S/2C9H15N5O.C4H6O6/c2*10-7-6-8(12-9(11)14(7)15)13-4-2-1-3-5-13;5-1(3(7)8)2(6)4(9)10/h2*6,11,15H,1-5,10H2;1-2,5-6H,(H,7,8)(H,9,10). The van der Waals surface area contributed by atoms with E-state index in [4.69, 9.17) is 42.7 Å². The van der Waals surface area contributed by atoms with E-state index >= 15 is 0 Å². The number of nitrogens with zero attached hydrogens (tertiary/aromatic N) is 6. The highest BCUT2D eigenvalue weighted by atomic mass is 16.5. The largest absolute Gasteiger partial charge is 0.479 e. The highest BCUT2D eigenvalue weighted by molar-refractivity contribution is 5.83. The van der Waals surface area contributed by atoms with Crippen LogP contribution in [0.1, 0.15) is 38.5 Å². The molecule has 2 saturated heterocycles. The number of carbonyl (C=O) groups is 2. The number of hydrogen-bond acceptors (Lipinski definition) is 14. The zero-order valence-electron chi connectivity index (χ0n) is 21.7. The van der Waals surface area contributed by atoms with Crippen molar-refractivity contribution in [2.24, 2.45) is 0 Å². The van der Waals surface area contributed by atoms with Gasteiger partial charge in [0.15, 0.2) is 12.2 Å². The Morgan fingerprint density at radius 2 is 1.00 bits per heavy atom. The zero-order chi connectivity index (χ0) is 30.0. The first-order valence-electron chi connectivity index (χ1n) is 12.4. The van der Waals surface area contributed by atoms with E-state index < -0.39 is 24.1 Å². The Kier molecular flexibility index (Phi) is 11.5. The maximum atomic E-state index is 9.77. The number of rotatable bonds is 5. The summed E-state index contributed by atoms with van der Waals surface area (Å²) >= 11 is 0. The lowest BCUT2D eigenvalue weighted by Crippen LogP contribution is -2.39. The Morgan fingerprint density at radius 3 is 1.25 bits per heavy atom. The van der Waals surface area contributed by atoms with Gasteiger partial charge in [0, 0.05) is 38.3 Å². The van der Waals surface area contributed by atoms with Crippen LogP contribution in [-0.2, 0) is 9.59 Å². The van der Waals surface area contributed by atoms with Gasteiger partial charge < -0.3 is 52.1 Å². The maximum absolute atomic E-state index is 9.77. The number of anilines is 4. The molecule has 18 heteroatoms. The summed E-state index contributed by atoms with van der Waals surface area (Å²) < 4.78 is 1.15. The van der Waals surface area contributed by atoms with Gasteiger partial charge in [-0.3, -0.25) is 10.8 Å². The van der Waals surface area contributed by atoms with Gasteiger partial charge in [-0.2, -0.15) is 9.97 Å². The molecule has 0 amide bonds. The molecule has 4 rings (SSSR count). The molecule has 2 aromatic heterocycles. The van der Waals surface area contributed by atoms with Crippen LogP contribution in [0.25, 0.3) is 0 Å². The van der Waals surface area contributed by atoms with Crippen LogP contribution in [0.3, 0.4) is 0 Å². The van der Waals surface area contributed by atoms with Gasteiger partial charge in [0.2, 0.25) is 0 Å². The van der Waals surface area contributed by atoms with Gasteiger partial charge in [0.05, 0.1) is 0 Å². The Labute approximate surface area is 227 Å². The molecule has 0 bridgehead atoms. The first-order chi connectivity index (χ1) is 18.8. The van der Waals surface area contributed by atoms with E-state index in [2.05, 4.69) is 19.8 Å². The molecule has 2 aliphatic rings. The van der Waals surface area contributed by atoms with Crippen molar-refractivity contribution in [1.82, 2.24) is 19.4 Å². The summed E-state index contributed by atoms with van der Waals surface area (Å²) in [6.45, 7) is 3.78. The van der Waals surface area contributed by atoms with Crippen LogP contribution in [0.4, 0.5) is 23.3 Å². The third-order valence-corrected chi connectivity index (χ3v) is 6.05. The van der Waals surface area contributed by atoms with Crippen molar-refractivity contribution in [1.29, 1.82) is 10.8 Å². The van der Waals surface area contributed by atoms with Crippen LogP contribution in [-0.4, -0.2) is 101 Å². The van der Waals surface area contributed by atoms with Crippen molar-refractivity contribution in [3.05, 3.63) is 23.4 Å². The lowest BCUT2D eigenvalue weighted by Gasteiger charge is -2.27. The number of carboxylic acid groups (broad SMARTS) is 2. The van der Waals surface area contributed by atoms with Gasteiger partial charge in [0.1, 0.15) is 23.3 Å². The SMILES string of the molecule is N=c1nc(N2CCCCC2)cc(N)n1O.N=c1nc(N2CCCCC2)cc(N)n1O.O=C(O)C(O)C(O)C(=O)O. The number of nitrogens with one attached hydrogen (secondary N) is 2.